The Morgan fingerprint density at radius 1 is 1.27 bits per heavy atom. The highest BCUT2D eigenvalue weighted by molar-refractivity contribution is 9.10. The predicted octanol–water partition coefficient (Wildman–Crippen LogP) is 3.52. The number of aromatic amines is 1. The summed E-state index contributed by atoms with van der Waals surface area (Å²) in [4.78, 5) is 17.8. The fraction of sp³-hybridized carbons (Fsp3) is 0.0667. The largest absolute Gasteiger partial charge is 0.383 e. The number of nitrogens with zero attached hydrogens (tertiary/aromatic N) is 1. The number of nitrogen functional groups attached to an aromatic ring is 1. The molecule has 0 radical (unpaired) electrons. The zero-order valence-electron chi connectivity index (χ0n) is 11.4. The number of H-pyrrole nitrogens is 1. The summed E-state index contributed by atoms with van der Waals surface area (Å²) in [6.45, 7) is 1.75. The lowest BCUT2D eigenvalue weighted by molar-refractivity contribution is 0.579. The molecule has 3 aromatic rings. The average Bonchev–Trinajstić information content (AvgIpc) is 2.46. The number of aryl methyl sites for hydroxylation is 1. The first kappa shape index (κ1) is 14.6. The minimum atomic E-state index is -0.741. The number of benzene rings is 1. The summed E-state index contributed by atoms with van der Waals surface area (Å²) >= 11 is 3.03. The number of fused-ring (bicyclic) bond motifs is 1. The Labute approximate surface area is 132 Å². The van der Waals surface area contributed by atoms with Crippen molar-refractivity contribution in [2.24, 2.45) is 0 Å². The molecule has 0 aliphatic rings. The molecule has 112 valence electrons. The monoisotopic (exact) mass is 365 g/mol. The van der Waals surface area contributed by atoms with E-state index in [4.69, 9.17) is 5.73 Å². The third kappa shape index (κ3) is 2.27. The van der Waals surface area contributed by atoms with Gasteiger partial charge in [0.1, 0.15) is 11.6 Å². The fourth-order valence-electron chi connectivity index (χ4n) is 2.34. The van der Waals surface area contributed by atoms with E-state index in [0.717, 1.165) is 0 Å². The number of hydrogen-bond donors (Lipinski definition) is 2. The van der Waals surface area contributed by atoms with E-state index in [9.17, 15) is 13.6 Å². The predicted molar refractivity (Wildman–Crippen MR) is 84.6 cm³/mol. The van der Waals surface area contributed by atoms with Crippen LogP contribution in [-0.2, 0) is 0 Å². The van der Waals surface area contributed by atoms with Crippen LogP contribution in [0.2, 0.25) is 0 Å². The highest BCUT2D eigenvalue weighted by atomic mass is 79.9. The first-order valence-electron chi connectivity index (χ1n) is 6.32. The summed E-state index contributed by atoms with van der Waals surface area (Å²) in [5.74, 6) is -1.46. The molecule has 0 aliphatic carbocycles. The van der Waals surface area contributed by atoms with Crippen molar-refractivity contribution >= 4 is 32.5 Å². The molecule has 1 aromatic carbocycles. The molecule has 22 heavy (non-hydrogen) atoms. The Hall–Kier alpha value is -2.28. The molecule has 3 N–H and O–H groups in total. The Kier molecular flexibility index (Phi) is 3.44. The fourth-order valence-corrected chi connectivity index (χ4v) is 2.66. The van der Waals surface area contributed by atoms with Crippen molar-refractivity contribution in [3.63, 3.8) is 0 Å². The smallest absolute Gasteiger partial charge is 0.258 e. The Morgan fingerprint density at radius 2 is 2.00 bits per heavy atom. The molecule has 0 aliphatic heterocycles. The van der Waals surface area contributed by atoms with Crippen LogP contribution in [0.1, 0.15) is 5.56 Å². The quantitative estimate of drug-likeness (QED) is 0.648. The molecule has 0 fully saturated rings. The topological polar surface area (TPSA) is 71.8 Å². The van der Waals surface area contributed by atoms with Crippen LogP contribution in [0.3, 0.4) is 0 Å². The van der Waals surface area contributed by atoms with E-state index >= 15 is 0 Å². The van der Waals surface area contributed by atoms with E-state index in [0.29, 0.717) is 22.1 Å². The third-order valence-corrected chi connectivity index (χ3v) is 3.99. The molecule has 4 nitrogen and oxygen atoms in total. The lowest BCUT2D eigenvalue weighted by atomic mass is 10.00. The highest BCUT2D eigenvalue weighted by Crippen LogP contribution is 2.32. The van der Waals surface area contributed by atoms with E-state index in [-0.39, 0.29) is 15.7 Å². The average molecular weight is 366 g/mol. The maximum absolute atomic E-state index is 14.3. The van der Waals surface area contributed by atoms with Gasteiger partial charge in [-0.05, 0) is 57.6 Å². The van der Waals surface area contributed by atoms with Crippen molar-refractivity contribution < 1.29 is 8.78 Å². The summed E-state index contributed by atoms with van der Waals surface area (Å²) in [6, 6.07) is 4.26. The minimum absolute atomic E-state index is 0.0172. The number of nitrogens with two attached hydrogens (primary N) is 1. The highest BCUT2D eigenvalue weighted by Gasteiger charge is 2.14. The Bertz CT molecular complexity index is 969. The first-order chi connectivity index (χ1) is 10.4. The van der Waals surface area contributed by atoms with Crippen LogP contribution in [0.4, 0.5) is 14.6 Å². The number of anilines is 1. The van der Waals surface area contributed by atoms with Crippen molar-refractivity contribution in [1.82, 2.24) is 9.97 Å². The zero-order valence-corrected chi connectivity index (χ0v) is 13.0. The molecular formula is C15H10BrF2N3O. The summed E-state index contributed by atoms with van der Waals surface area (Å²) < 4.78 is 27.8. The van der Waals surface area contributed by atoms with E-state index in [1.165, 1.54) is 18.3 Å². The van der Waals surface area contributed by atoms with Gasteiger partial charge in [0, 0.05) is 11.8 Å². The van der Waals surface area contributed by atoms with Crippen LogP contribution in [0.5, 0.6) is 0 Å². The van der Waals surface area contributed by atoms with Crippen molar-refractivity contribution in [2.45, 2.75) is 6.92 Å². The second-order valence-corrected chi connectivity index (χ2v) is 5.73. The maximum atomic E-state index is 14.3. The SMILES string of the molecule is Cc1c[nH]c(=O)c2c(F)cc(-c3cc(Br)c(F)nc3N)cc12. The molecule has 0 saturated heterocycles. The molecule has 2 aromatic heterocycles. The minimum Gasteiger partial charge on any atom is -0.383 e. The summed E-state index contributed by atoms with van der Waals surface area (Å²) in [6.07, 6.45) is 1.51. The molecule has 0 unspecified atom stereocenters. The number of aromatic nitrogens is 2. The van der Waals surface area contributed by atoms with Gasteiger partial charge >= 0.3 is 0 Å². The Balaban J connectivity index is 2.37. The second kappa shape index (κ2) is 5.17. The van der Waals surface area contributed by atoms with Crippen LogP contribution in [-0.4, -0.2) is 9.97 Å². The molecular weight excluding hydrogens is 356 g/mol. The second-order valence-electron chi connectivity index (χ2n) is 4.88. The summed E-state index contributed by atoms with van der Waals surface area (Å²) in [5.41, 5.74) is 6.73. The standard InChI is InChI=1S/C15H10BrF2N3O/c1-6-5-20-15(22)12-8(6)2-7(3-11(12)17)9-4-10(16)13(18)21-14(9)19/h2-5H,1H3,(H2,19,21)(H,20,22). The molecule has 0 spiro atoms. The summed E-state index contributed by atoms with van der Waals surface area (Å²) in [5, 5.41) is 0.454. The van der Waals surface area contributed by atoms with E-state index < -0.39 is 17.3 Å². The maximum Gasteiger partial charge on any atom is 0.258 e. The normalized spacial score (nSPS) is 11.1. The molecule has 2 heterocycles. The van der Waals surface area contributed by atoms with Gasteiger partial charge in [-0.3, -0.25) is 4.79 Å². The molecule has 3 rings (SSSR count). The van der Waals surface area contributed by atoms with Crippen LogP contribution in [0.25, 0.3) is 21.9 Å². The van der Waals surface area contributed by atoms with Gasteiger partial charge in [0.25, 0.3) is 5.56 Å². The van der Waals surface area contributed by atoms with Gasteiger partial charge in [0.05, 0.1) is 9.86 Å². The number of halogens is 3. The van der Waals surface area contributed by atoms with Crippen molar-refractivity contribution in [2.75, 3.05) is 5.73 Å². The van der Waals surface area contributed by atoms with Gasteiger partial charge in [-0.15, -0.1) is 0 Å². The van der Waals surface area contributed by atoms with Gasteiger partial charge in [0.15, 0.2) is 0 Å². The lowest BCUT2D eigenvalue weighted by Crippen LogP contribution is -2.08. The molecule has 0 amide bonds. The van der Waals surface area contributed by atoms with Crippen molar-refractivity contribution in [3.8, 4) is 11.1 Å². The molecule has 0 saturated carbocycles. The van der Waals surface area contributed by atoms with E-state index in [1.54, 1.807) is 13.0 Å². The molecule has 0 bridgehead atoms. The van der Waals surface area contributed by atoms with Crippen LogP contribution >= 0.6 is 15.9 Å². The zero-order chi connectivity index (χ0) is 16.0. The third-order valence-electron chi connectivity index (χ3n) is 3.44. The van der Waals surface area contributed by atoms with Crippen molar-refractivity contribution in [1.29, 1.82) is 0 Å². The molecule has 0 atom stereocenters. The van der Waals surface area contributed by atoms with Gasteiger partial charge in [-0.1, -0.05) is 0 Å². The number of hydrogen-bond acceptors (Lipinski definition) is 3. The summed E-state index contributed by atoms with van der Waals surface area (Å²) in [7, 11) is 0. The van der Waals surface area contributed by atoms with E-state index in [1.807, 2.05) is 0 Å². The van der Waals surface area contributed by atoms with E-state index in [2.05, 4.69) is 25.9 Å². The van der Waals surface area contributed by atoms with Gasteiger partial charge in [-0.25, -0.2) is 9.37 Å². The lowest BCUT2D eigenvalue weighted by Gasteiger charge is -2.10. The van der Waals surface area contributed by atoms with Gasteiger partial charge < -0.3 is 10.7 Å². The van der Waals surface area contributed by atoms with Crippen LogP contribution in [0.15, 0.2) is 33.7 Å². The number of rotatable bonds is 1. The number of pyridine rings is 2. The van der Waals surface area contributed by atoms with Crippen LogP contribution < -0.4 is 11.3 Å². The van der Waals surface area contributed by atoms with Crippen LogP contribution in [0, 0.1) is 18.7 Å². The first-order valence-corrected chi connectivity index (χ1v) is 7.11. The van der Waals surface area contributed by atoms with Crippen molar-refractivity contribution in [3.05, 3.63) is 56.6 Å². The number of nitrogens with one attached hydrogen (secondary N) is 1. The Morgan fingerprint density at radius 3 is 2.73 bits per heavy atom. The van der Waals surface area contributed by atoms with Gasteiger partial charge in [-0.2, -0.15) is 4.39 Å². The van der Waals surface area contributed by atoms with Gasteiger partial charge in [0.2, 0.25) is 5.95 Å². The molecule has 7 heteroatoms.